The smallest absolute Gasteiger partial charge is 0.431 e. The molecule has 2 aromatic rings. The minimum atomic E-state index is -1.72. The van der Waals surface area contributed by atoms with Gasteiger partial charge in [-0.25, -0.2) is 19.2 Å². The van der Waals surface area contributed by atoms with E-state index in [4.69, 9.17) is 19.9 Å². The molecule has 162 valence electrons. The normalized spacial score (nSPS) is 35.2. The third-order valence-corrected chi connectivity index (χ3v) is 7.28. The second kappa shape index (κ2) is 7.75. The van der Waals surface area contributed by atoms with Crippen LogP contribution in [-0.2, 0) is 14.2 Å². The summed E-state index contributed by atoms with van der Waals surface area (Å²) in [6.45, 7) is -0.504. The molecule has 2 saturated carbocycles. The Balaban J connectivity index is 1.34. The monoisotopic (exact) mass is 532 g/mol. The fourth-order valence-electron chi connectivity index (χ4n) is 5.06. The lowest BCUT2D eigenvalue weighted by Crippen LogP contribution is -2.37. The number of carbonyl (C=O) groups excluding carboxylic acids is 1. The van der Waals surface area contributed by atoms with Crippen LogP contribution in [0.2, 0.25) is 0 Å². The Morgan fingerprint density at radius 2 is 2.20 bits per heavy atom. The summed E-state index contributed by atoms with van der Waals surface area (Å²) in [5.74, 6) is 1.24. The molecule has 3 aliphatic rings. The number of carbonyl (C=O) groups is 1. The van der Waals surface area contributed by atoms with E-state index in [1.807, 2.05) is 0 Å². The summed E-state index contributed by atoms with van der Waals surface area (Å²) < 4.78 is 34.1. The Kier molecular flexibility index (Phi) is 5.22. The predicted molar refractivity (Wildman–Crippen MR) is 111 cm³/mol. The molecular formula is C19H22FIN4O5. The SMILES string of the molecule is Nc1ncnc2c1c(I)cn2[C@@H]1O[C@H](CO)[C@H](OC(=O)O[C@H]2C[C@@H]3CC[C@H]2C3)C1F. The second-order valence-corrected chi connectivity index (χ2v) is 9.36. The predicted octanol–water partition coefficient (Wildman–Crippen LogP) is 2.56. The van der Waals surface area contributed by atoms with Crippen molar-refractivity contribution in [3.8, 4) is 0 Å². The minimum absolute atomic E-state index is 0.172. The third kappa shape index (κ3) is 3.30. The van der Waals surface area contributed by atoms with Gasteiger partial charge in [0.25, 0.3) is 0 Å². The summed E-state index contributed by atoms with van der Waals surface area (Å²) in [7, 11) is 0. The standard InChI is InChI=1S/C19H22FIN4O5/c20-14-15(30-19(27)29-11-4-8-1-2-9(11)3-8)12(6-26)28-18(14)25-5-10(21)13-16(22)23-7-24-17(13)25/h5,7-9,11-12,14-15,18,26H,1-4,6H2,(H2,22,23,24)/t8-,9+,11+,12-,14?,15+,18-/m1/s1. The van der Waals surface area contributed by atoms with Gasteiger partial charge in [0.15, 0.2) is 18.5 Å². The molecule has 9 nitrogen and oxygen atoms in total. The van der Waals surface area contributed by atoms with E-state index < -0.39 is 37.4 Å². The number of nitrogen functional groups attached to an aromatic ring is 1. The van der Waals surface area contributed by atoms with Crippen LogP contribution in [0.5, 0.6) is 0 Å². The Bertz CT molecular complexity index is 974. The van der Waals surface area contributed by atoms with Crippen molar-refractivity contribution in [1.82, 2.24) is 14.5 Å². The maximum Gasteiger partial charge on any atom is 0.509 e. The fraction of sp³-hybridized carbons (Fsp3) is 0.632. The molecule has 1 saturated heterocycles. The largest absolute Gasteiger partial charge is 0.509 e. The number of rotatable bonds is 4. The Morgan fingerprint density at radius 1 is 1.37 bits per heavy atom. The summed E-state index contributed by atoms with van der Waals surface area (Å²) in [6.07, 6.45) is 0.807. The summed E-state index contributed by atoms with van der Waals surface area (Å²) in [4.78, 5) is 20.5. The van der Waals surface area contributed by atoms with Gasteiger partial charge in [0.2, 0.25) is 0 Å². The Morgan fingerprint density at radius 3 is 2.90 bits per heavy atom. The van der Waals surface area contributed by atoms with Crippen LogP contribution < -0.4 is 5.73 Å². The van der Waals surface area contributed by atoms with Crippen LogP contribution >= 0.6 is 22.6 Å². The molecule has 5 rings (SSSR count). The highest BCUT2D eigenvalue weighted by molar-refractivity contribution is 14.1. The number of aromatic nitrogens is 3. The van der Waals surface area contributed by atoms with Crippen molar-refractivity contribution < 1.29 is 28.5 Å². The van der Waals surface area contributed by atoms with E-state index >= 15 is 4.39 Å². The molecule has 0 radical (unpaired) electrons. The summed E-state index contributed by atoms with van der Waals surface area (Å²) in [5.41, 5.74) is 6.33. The van der Waals surface area contributed by atoms with Crippen LogP contribution in [0.3, 0.4) is 0 Å². The van der Waals surface area contributed by atoms with E-state index in [0.29, 0.717) is 22.9 Å². The van der Waals surface area contributed by atoms with E-state index in [9.17, 15) is 9.90 Å². The highest BCUT2D eigenvalue weighted by Gasteiger charge is 2.50. The minimum Gasteiger partial charge on any atom is -0.431 e. The highest BCUT2D eigenvalue weighted by Crippen LogP contribution is 2.46. The van der Waals surface area contributed by atoms with Gasteiger partial charge in [-0.15, -0.1) is 0 Å². The number of aliphatic hydroxyl groups is 1. The van der Waals surface area contributed by atoms with E-state index in [0.717, 1.165) is 22.8 Å². The van der Waals surface area contributed by atoms with E-state index in [2.05, 4.69) is 32.6 Å². The maximum absolute atomic E-state index is 15.4. The number of hydrogen-bond acceptors (Lipinski definition) is 8. The van der Waals surface area contributed by atoms with Crippen LogP contribution in [-0.4, -0.2) is 56.9 Å². The number of aliphatic hydroxyl groups excluding tert-OH is 1. The number of ether oxygens (including phenoxy) is 3. The summed E-state index contributed by atoms with van der Waals surface area (Å²) >= 11 is 2.06. The first-order chi connectivity index (χ1) is 14.5. The average molecular weight is 532 g/mol. The topological polar surface area (TPSA) is 122 Å². The molecule has 30 heavy (non-hydrogen) atoms. The van der Waals surface area contributed by atoms with Crippen molar-refractivity contribution in [2.24, 2.45) is 11.8 Å². The molecule has 0 spiro atoms. The van der Waals surface area contributed by atoms with Gasteiger partial charge in [-0.2, -0.15) is 0 Å². The second-order valence-electron chi connectivity index (χ2n) is 8.20. The number of anilines is 1. The lowest BCUT2D eigenvalue weighted by molar-refractivity contribution is -0.0640. The van der Waals surface area contributed by atoms with Gasteiger partial charge in [0.05, 0.1) is 12.0 Å². The van der Waals surface area contributed by atoms with Gasteiger partial charge in [0.1, 0.15) is 30.0 Å². The zero-order valence-electron chi connectivity index (χ0n) is 16.0. The van der Waals surface area contributed by atoms with Gasteiger partial charge in [-0.05, 0) is 60.1 Å². The summed E-state index contributed by atoms with van der Waals surface area (Å²) in [6, 6.07) is 0. The highest BCUT2D eigenvalue weighted by atomic mass is 127. The first-order valence-corrected chi connectivity index (χ1v) is 11.1. The molecule has 2 bridgehead atoms. The van der Waals surface area contributed by atoms with E-state index in [-0.39, 0.29) is 11.9 Å². The zero-order chi connectivity index (χ0) is 21.0. The molecule has 11 heteroatoms. The lowest BCUT2D eigenvalue weighted by Gasteiger charge is -2.24. The van der Waals surface area contributed by atoms with Crippen LogP contribution in [0.4, 0.5) is 15.0 Å². The Labute approximate surface area is 185 Å². The van der Waals surface area contributed by atoms with Crippen molar-refractivity contribution in [2.75, 3.05) is 12.3 Å². The van der Waals surface area contributed by atoms with Crippen molar-refractivity contribution in [2.45, 2.75) is 56.4 Å². The number of alkyl halides is 1. The average Bonchev–Trinajstić information content (AvgIpc) is 3.47. The fourth-order valence-corrected chi connectivity index (χ4v) is 5.87. The quantitative estimate of drug-likeness (QED) is 0.456. The van der Waals surface area contributed by atoms with Gasteiger partial charge in [0, 0.05) is 9.77 Å². The number of hydrogen-bond donors (Lipinski definition) is 2. The number of fused-ring (bicyclic) bond motifs is 3. The molecule has 1 aliphatic heterocycles. The van der Waals surface area contributed by atoms with Gasteiger partial charge in [-0.3, -0.25) is 0 Å². The van der Waals surface area contributed by atoms with Crippen molar-refractivity contribution >= 4 is 45.6 Å². The number of halogens is 2. The first-order valence-electron chi connectivity index (χ1n) is 10.0. The van der Waals surface area contributed by atoms with Gasteiger partial charge >= 0.3 is 6.16 Å². The van der Waals surface area contributed by atoms with Crippen LogP contribution in [0, 0.1) is 15.4 Å². The van der Waals surface area contributed by atoms with Crippen molar-refractivity contribution in [3.05, 3.63) is 16.1 Å². The lowest BCUT2D eigenvalue weighted by atomic mass is 9.98. The molecule has 3 heterocycles. The zero-order valence-corrected chi connectivity index (χ0v) is 18.1. The number of nitrogens with two attached hydrogens (primary N) is 1. The van der Waals surface area contributed by atoms with Gasteiger partial charge in [-0.1, -0.05) is 0 Å². The molecule has 3 N–H and O–H groups in total. The molecule has 2 aliphatic carbocycles. The molecule has 7 atom stereocenters. The molecule has 0 amide bonds. The van der Waals surface area contributed by atoms with Crippen LogP contribution in [0.25, 0.3) is 11.0 Å². The van der Waals surface area contributed by atoms with Crippen LogP contribution in [0.1, 0.15) is 31.9 Å². The maximum atomic E-state index is 15.4. The van der Waals surface area contributed by atoms with E-state index in [1.165, 1.54) is 17.3 Å². The number of nitrogens with zero attached hydrogens (tertiary/aromatic N) is 3. The van der Waals surface area contributed by atoms with Crippen molar-refractivity contribution in [3.63, 3.8) is 0 Å². The van der Waals surface area contributed by atoms with Gasteiger partial charge < -0.3 is 29.6 Å². The molecular weight excluding hydrogens is 510 g/mol. The summed E-state index contributed by atoms with van der Waals surface area (Å²) in [5, 5.41) is 10.3. The van der Waals surface area contributed by atoms with E-state index in [1.54, 1.807) is 6.20 Å². The Hall–Kier alpha value is -1.73. The molecule has 0 aromatic carbocycles. The van der Waals surface area contributed by atoms with Crippen molar-refractivity contribution in [1.29, 1.82) is 0 Å². The first kappa shape index (κ1) is 20.2. The molecule has 3 fully saturated rings. The molecule has 1 unspecified atom stereocenters. The third-order valence-electron chi connectivity index (χ3n) is 6.47. The van der Waals surface area contributed by atoms with Crippen LogP contribution in [0.15, 0.2) is 12.5 Å². The molecule has 2 aromatic heterocycles.